The van der Waals surface area contributed by atoms with Gasteiger partial charge in [0.2, 0.25) is 0 Å². The van der Waals surface area contributed by atoms with Crippen molar-refractivity contribution in [3.8, 4) is 0 Å². The highest BCUT2D eigenvalue weighted by Gasteiger charge is 2.44. The number of para-hydroxylation sites is 1. The van der Waals surface area contributed by atoms with Gasteiger partial charge in [-0.2, -0.15) is 0 Å². The Bertz CT molecular complexity index is 477. The van der Waals surface area contributed by atoms with Gasteiger partial charge in [-0.25, -0.2) is 4.79 Å². The van der Waals surface area contributed by atoms with E-state index in [0.717, 1.165) is 16.6 Å². The third-order valence-corrected chi connectivity index (χ3v) is 5.02. The molecule has 0 spiro atoms. The number of carboxylic acid groups (broad SMARTS) is 1. The topological polar surface area (TPSA) is 49.3 Å². The van der Waals surface area contributed by atoms with Crippen LogP contribution in [0.1, 0.15) is 33.1 Å². The molecule has 0 aromatic heterocycles. The molecule has 3 atom stereocenters. The lowest BCUT2D eigenvalue weighted by Gasteiger charge is -2.41. The first-order valence-electron chi connectivity index (χ1n) is 6.71. The van der Waals surface area contributed by atoms with Crippen molar-refractivity contribution in [3.63, 3.8) is 0 Å². The fourth-order valence-corrected chi connectivity index (χ4v) is 3.18. The van der Waals surface area contributed by atoms with E-state index in [4.69, 9.17) is 0 Å². The Hall–Kier alpha value is -1.03. The summed E-state index contributed by atoms with van der Waals surface area (Å²) < 4.78 is 0.905. The largest absolute Gasteiger partial charge is 0.480 e. The molecule has 1 aromatic carbocycles. The van der Waals surface area contributed by atoms with Crippen LogP contribution in [0.3, 0.4) is 0 Å². The van der Waals surface area contributed by atoms with Gasteiger partial charge in [0.05, 0.1) is 0 Å². The molecule has 0 amide bonds. The van der Waals surface area contributed by atoms with E-state index in [9.17, 15) is 9.90 Å². The third-order valence-electron chi connectivity index (χ3n) is 4.33. The summed E-state index contributed by atoms with van der Waals surface area (Å²) in [6.07, 6.45) is 2.30. The molecule has 1 fully saturated rings. The lowest BCUT2D eigenvalue weighted by Crippen LogP contribution is -2.51. The Labute approximate surface area is 122 Å². The van der Waals surface area contributed by atoms with Gasteiger partial charge in [-0.3, -0.25) is 0 Å². The van der Waals surface area contributed by atoms with Gasteiger partial charge < -0.3 is 10.4 Å². The second-order valence-corrected chi connectivity index (χ2v) is 6.54. The Morgan fingerprint density at radius 1 is 1.37 bits per heavy atom. The number of hydrogen-bond acceptors (Lipinski definition) is 2. The number of anilines is 1. The summed E-state index contributed by atoms with van der Waals surface area (Å²) in [6, 6.07) is 7.68. The van der Waals surface area contributed by atoms with Crippen LogP contribution in [0.2, 0.25) is 0 Å². The van der Waals surface area contributed by atoms with Crippen LogP contribution in [-0.2, 0) is 4.79 Å². The lowest BCUT2D eigenvalue weighted by atomic mass is 9.71. The molecule has 1 aromatic rings. The summed E-state index contributed by atoms with van der Waals surface area (Å²) in [4.78, 5) is 11.8. The zero-order chi connectivity index (χ0) is 14.0. The van der Waals surface area contributed by atoms with Crippen molar-refractivity contribution in [2.24, 2.45) is 11.8 Å². The average molecular weight is 326 g/mol. The van der Waals surface area contributed by atoms with E-state index in [1.807, 2.05) is 24.3 Å². The Balaban J connectivity index is 2.26. The highest BCUT2D eigenvalue weighted by molar-refractivity contribution is 9.10. The number of benzene rings is 1. The molecular formula is C15H20BrNO2. The minimum absolute atomic E-state index is 0.417. The minimum atomic E-state index is -0.837. The van der Waals surface area contributed by atoms with Gasteiger partial charge in [-0.05, 0) is 59.2 Å². The summed E-state index contributed by atoms with van der Waals surface area (Å²) >= 11 is 3.47. The van der Waals surface area contributed by atoms with Crippen LogP contribution in [-0.4, -0.2) is 16.6 Å². The maximum absolute atomic E-state index is 11.8. The van der Waals surface area contributed by atoms with Crippen molar-refractivity contribution < 1.29 is 9.90 Å². The first-order chi connectivity index (χ1) is 8.94. The first kappa shape index (κ1) is 14.4. The molecule has 0 bridgehead atoms. The molecule has 0 heterocycles. The van der Waals surface area contributed by atoms with Crippen molar-refractivity contribution in [3.05, 3.63) is 28.7 Å². The van der Waals surface area contributed by atoms with Crippen LogP contribution < -0.4 is 5.32 Å². The summed E-state index contributed by atoms with van der Waals surface area (Å²) in [6.45, 7) is 4.35. The standard InChI is InChI=1S/C15H20BrNO2/c1-10-7-8-15(14(18)19,9-11(10)2)17-13-6-4-3-5-12(13)16/h3-6,10-11,17H,7-9H2,1-2H3,(H,18,19). The summed E-state index contributed by atoms with van der Waals surface area (Å²) in [7, 11) is 0. The number of nitrogens with one attached hydrogen (secondary N) is 1. The van der Waals surface area contributed by atoms with Crippen molar-refractivity contribution in [2.45, 2.75) is 38.6 Å². The van der Waals surface area contributed by atoms with E-state index in [0.29, 0.717) is 24.7 Å². The molecule has 1 saturated carbocycles. The van der Waals surface area contributed by atoms with Crippen LogP contribution in [0.15, 0.2) is 28.7 Å². The number of aliphatic carboxylic acids is 1. The Kier molecular flexibility index (Phi) is 4.19. The average Bonchev–Trinajstić information content (AvgIpc) is 2.36. The van der Waals surface area contributed by atoms with E-state index in [2.05, 4.69) is 35.1 Å². The Morgan fingerprint density at radius 2 is 2.05 bits per heavy atom. The molecule has 2 rings (SSSR count). The smallest absolute Gasteiger partial charge is 0.329 e. The molecule has 0 radical (unpaired) electrons. The minimum Gasteiger partial charge on any atom is -0.480 e. The SMILES string of the molecule is CC1CCC(Nc2ccccc2Br)(C(=O)O)CC1C. The fraction of sp³-hybridized carbons (Fsp3) is 0.533. The number of hydrogen-bond donors (Lipinski definition) is 2. The van der Waals surface area contributed by atoms with Crippen molar-refractivity contribution in [1.82, 2.24) is 0 Å². The van der Waals surface area contributed by atoms with Gasteiger partial charge in [-0.15, -0.1) is 0 Å². The van der Waals surface area contributed by atoms with E-state index >= 15 is 0 Å². The van der Waals surface area contributed by atoms with Gasteiger partial charge in [0, 0.05) is 10.2 Å². The molecule has 0 saturated heterocycles. The van der Waals surface area contributed by atoms with Gasteiger partial charge in [0.1, 0.15) is 5.54 Å². The maximum atomic E-state index is 11.8. The third kappa shape index (κ3) is 2.94. The number of carbonyl (C=O) groups is 1. The molecular weight excluding hydrogens is 306 g/mol. The number of halogens is 1. The predicted molar refractivity (Wildman–Crippen MR) is 80.3 cm³/mol. The van der Waals surface area contributed by atoms with Gasteiger partial charge in [-0.1, -0.05) is 26.0 Å². The van der Waals surface area contributed by atoms with Crippen LogP contribution >= 0.6 is 15.9 Å². The molecule has 1 aliphatic carbocycles. The highest BCUT2D eigenvalue weighted by Crippen LogP contribution is 2.39. The molecule has 104 valence electrons. The predicted octanol–water partition coefficient (Wildman–Crippen LogP) is 4.14. The van der Waals surface area contributed by atoms with Crippen LogP contribution in [0.5, 0.6) is 0 Å². The summed E-state index contributed by atoms with van der Waals surface area (Å²) in [5.74, 6) is 0.260. The van der Waals surface area contributed by atoms with Crippen molar-refractivity contribution in [1.29, 1.82) is 0 Å². The van der Waals surface area contributed by atoms with Crippen LogP contribution in [0.4, 0.5) is 5.69 Å². The molecule has 3 nitrogen and oxygen atoms in total. The Morgan fingerprint density at radius 3 is 2.63 bits per heavy atom. The van der Waals surface area contributed by atoms with Gasteiger partial charge in [0.15, 0.2) is 0 Å². The summed E-state index contributed by atoms with van der Waals surface area (Å²) in [5.41, 5.74) is 0.0159. The van der Waals surface area contributed by atoms with Gasteiger partial charge in [0.25, 0.3) is 0 Å². The molecule has 1 aliphatic rings. The molecule has 19 heavy (non-hydrogen) atoms. The quantitative estimate of drug-likeness (QED) is 0.878. The first-order valence-corrected chi connectivity index (χ1v) is 7.50. The number of rotatable bonds is 3. The van der Waals surface area contributed by atoms with Crippen molar-refractivity contribution >= 4 is 27.6 Å². The normalized spacial score (nSPS) is 30.9. The molecule has 2 N–H and O–H groups in total. The lowest BCUT2D eigenvalue weighted by molar-refractivity contribution is -0.144. The maximum Gasteiger partial charge on any atom is 0.329 e. The van der Waals surface area contributed by atoms with E-state index < -0.39 is 11.5 Å². The second kappa shape index (κ2) is 5.53. The monoisotopic (exact) mass is 325 g/mol. The van der Waals surface area contributed by atoms with Crippen LogP contribution in [0.25, 0.3) is 0 Å². The fourth-order valence-electron chi connectivity index (χ4n) is 2.79. The van der Waals surface area contributed by atoms with Gasteiger partial charge >= 0.3 is 5.97 Å². The van der Waals surface area contributed by atoms with E-state index in [-0.39, 0.29) is 0 Å². The zero-order valence-corrected chi connectivity index (χ0v) is 12.9. The van der Waals surface area contributed by atoms with E-state index in [1.165, 1.54) is 0 Å². The molecule has 4 heteroatoms. The van der Waals surface area contributed by atoms with Crippen LogP contribution in [0, 0.1) is 11.8 Å². The van der Waals surface area contributed by atoms with Crippen molar-refractivity contribution in [2.75, 3.05) is 5.32 Å². The highest BCUT2D eigenvalue weighted by atomic mass is 79.9. The van der Waals surface area contributed by atoms with E-state index in [1.54, 1.807) is 0 Å². The zero-order valence-electron chi connectivity index (χ0n) is 11.3. The summed E-state index contributed by atoms with van der Waals surface area (Å²) in [5, 5.41) is 12.9. The molecule has 3 unspecified atom stereocenters. The molecule has 0 aliphatic heterocycles. The number of carboxylic acids is 1. The second-order valence-electron chi connectivity index (χ2n) is 5.69.